The molecule has 1 aromatic carbocycles. The Balaban J connectivity index is 1.57. The molecule has 1 N–H and O–H groups in total. The van der Waals surface area contributed by atoms with Crippen molar-refractivity contribution in [2.24, 2.45) is 0 Å². The van der Waals surface area contributed by atoms with E-state index in [1.807, 2.05) is 0 Å². The van der Waals surface area contributed by atoms with E-state index >= 15 is 0 Å². The lowest BCUT2D eigenvalue weighted by Crippen LogP contribution is -2.36. The number of carbonyl (C=O) groups excluding carboxylic acids is 2. The SMILES string of the molecule is CC(C)NC(=O)C1=CN(C(=O)c2ccc(OCCN3CCCCC3)cc2)CC(C)(C)c2sc(C(F)(F)F)nc21. The van der Waals surface area contributed by atoms with Gasteiger partial charge in [0.05, 0.1) is 11.3 Å². The Labute approximate surface area is 231 Å². The number of benzene rings is 1. The van der Waals surface area contributed by atoms with Crippen LogP contribution in [0.25, 0.3) is 5.57 Å². The van der Waals surface area contributed by atoms with Gasteiger partial charge in [0.15, 0.2) is 5.01 Å². The summed E-state index contributed by atoms with van der Waals surface area (Å²) < 4.78 is 46.5. The van der Waals surface area contributed by atoms with E-state index in [-0.39, 0.29) is 29.8 Å². The molecule has 0 atom stereocenters. The van der Waals surface area contributed by atoms with Gasteiger partial charge < -0.3 is 15.0 Å². The van der Waals surface area contributed by atoms with Crippen molar-refractivity contribution >= 4 is 28.7 Å². The Morgan fingerprint density at radius 2 is 1.79 bits per heavy atom. The number of amides is 2. The van der Waals surface area contributed by atoms with Crippen LogP contribution >= 0.6 is 11.3 Å². The van der Waals surface area contributed by atoms with E-state index < -0.39 is 22.5 Å². The summed E-state index contributed by atoms with van der Waals surface area (Å²) >= 11 is 0.517. The molecule has 1 saturated heterocycles. The zero-order chi connectivity index (χ0) is 28.4. The highest BCUT2D eigenvalue weighted by molar-refractivity contribution is 7.12. The topological polar surface area (TPSA) is 74.8 Å². The molecule has 2 aliphatic rings. The zero-order valence-electron chi connectivity index (χ0n) is 22.7. The molecule has 1 fully saturated rings. The number of ether oxygens (including phenoxy) is 1. The third-order valence-electron chi connectivity index (χ3n) is 6.74. The van der Waals surface area contributed by atoms with Crippen LogP contribution in [0.1, 0.15) is 72.9 Å². The number of hydrogen-bond acceptors (Lipinski definition) is 6. The van der Waals surface area contributed by atoms with E-state index in [4.69, 9.17) is 4.74 Å². The first kappa shape index (κ1) is 29.1. The third-order valence-corrected chi connectivity index (χ3v) is 8.21. The Morgan fingerprint density at radius 3 is 2.41 bits per heavy atom. The van der Waals surface area contributed by atoms with Crippen LogP contribution < -0.4 is 10.1 Å². The fourth-order valence-electron chi connectivity index (χ4n) is 4.81. The molecule has 0 aliphatic carbocycles. The van der Waals surface area contributed by atoms with Crippen LogP contribution in [0.4, 0.5) is 13.2 Å². The zero-order valence-corrected chi connectivity index (χ0v) is 23.5. The van der Waals surface area contributed by atoms with Crippen molar-refractivity contribution in [3.8, 4) is 5.75 Å². The van der Waals surface area contributed by atoms with E-state index in [9.17, 15) is 22.8 Å². The summed E-state index contributed by atoms with van der Waals surface area (Å²) in [5.74, 6) is -0.305. The number of nitrogens with one attached hydrogen (secondary N) is 1. The Kier molecular flexibility index (Phi) is 8.70. The largest absolute Gasteiger partial charge is 0.492 e. The quantitative estimate of drug-likeness (QED) is 0.493. The molecule has 212 valence electrons. The lowest BCUT2D eigenvalue weighted by molar-refractivity contribution is -0.137. The van der Waals surface area contributed by atoms with E-state index in [1.165, 1.54) is 30.4 Å². The second-order valence-electron chi connectivity index (χ2n) is 11.0. The number of hydrogen-bond donors (Lipinski definition) is 1. The minimum atomic E-state index is -4.64. The number of piperidine rings is 1. The molecule has 0 radical (unpaired) electrons. The lowest BCUT2D eigenvalue weighted by Gasteiger charge is -2.28. The maximum Gasteiger partial charge on any atom is 0.443 e. The number of nitrogens with zero attached hydrogens (tertiary/aromatic N) is 3. The van der Waals surface area contributed by atoms with Crippen molar-refractivity contribution in [1.29, 1.82) is 0 Å². The third kappa shape index (κ3) is 7.00. The first-order valence-corrected chi connectivity index (χ1v) is 14.0. The maximum atomic E-state index is 13.6. The van der Waals surface area contributed by atoms with Crippen LogP contribution in [-0.4, -0.2) is 65.4 Å². The Bertz CT molecular complexity index is 1220. The predicted octanol–water partition coefficient (Wildman–Crippen LogP) is 5.33. The number of halogens is 3. The van der Waals surface area contributed by atoms with Crippen LogP contribution in [0, 0.1) is 0 Å². The van der Waals surface area contributed by atoms with Gasteiger partial charge in [-0.15, -0.1) is 11.3 Å². The number of aromatic nitrogens is 1. The normalized spacial score (nSPS) is 17.8. The predicted molar refractivity (Wildman–Crippen MR) is 145 cm³/mol. The Morgan fingerprint density at radius 1 is 1.13 bits per heavy atom. The smallest absolute Gasteiger partial charge is 0.443 e. The number of likely N-dealkylation sites (tertiary alicyclic amines) is 1. The van der Waals surface area contributed by atoms with Gasteiger partial charge in [0.1, 0.15) is 12.4 Å². The highest BCUT2D eigenvalue weighted by Gasteiger charge is 2.42. The molecule has 2 aromatic rings. The second kappa shape index (κ2) is 11.7. The van der Waals surface area contributed by atoms with Gasteiger partial charge in [0.25, 0.3) is 11.8 Å². The fraction of sp³-hybridized carbons (Fsp3) is 0.536. The van der Waals surface area contributed by atoms with Gasteiger partial charge >= 0.3 is 6.18 Å². The number of carbonyl (C=O) groups is 2. The summed E-state index contributed by atoms with van der Waals surface area (Å²) in [5.41, 5.74) is -0.617. The van der Waals surface area contributed by atoms with Crippen molar-refractivity contribution in [2.45, 2.75) is 64.6 Å². The van der Waals surface area contributed by atoms with Crippen molar-refractivity contribution in [3.05, 3.63) is 51.6 Å². The van der Waals surface area contributed by atoms with Crippen LogP contribution in [-0.2, 0) is 16.4 Å². The van der Waals surface area contributed by atoms with Gasteiger partial charge in [-0.1, -0.05) is 20.3 Å². The molecule has 0 bridgehead atoms. The molecule has 0 saturated carbocycles. The molecule has 1 aromatic heterocycles. The van der Waals surface area contributed by atoms with Crippen LogP contribution in [0.2, 0.25) is 0 Å². The number of fused-ring (bicyclic) bond motifs is 1. The minimum absolute atomic E-state index is 0.0387. The molecule has 11 heteroatoms. The molecule has 7 nitrogen and oxygen atoms in total. The fourth-order valence-corrected chi connectivity index (χ4v) is 5.85. The van der Waals surface area contributed by atoms with Gasteiger partial charge in [-0.2, -0.15) is 13.2 Å². The molecule has 39 heavy (non-hydrogen) atoms. The van der Waals surface area contributed by atoms with Crippen molar-refractivity contribution in [2.75, 3.05) is 32.8 Å². The molecular weight excluding hydrogens is 529 g/mol. The van der Waals surface area contributed by atoms with Crippen LogP contribution in [0.5, 0.6) is 5.75 Å². The van der Waals surface area contributed by atoms with Gasteiger partial charge in [0, 0.05) is 41.2 Å². The molecular formula is C28H35F3N4O3S. The summed E-state index contributed by atoms with van der Waals surface area (Å²) in [5, 5.41) is 1.71. The van der Waals surface area contributed by atoms with Crippen molar-refractivity contribution in [1.82, 2.24) is 20.1 Å². The molecule has 0 unspecified atom stereocenters. The number of thiazole rings is 1. The first-order valence-electron chi connectivity index (χ1n) is 13.2. The van der Waals surface area contributed by atoms with Gasteiger partial charge in [-0.25, -0.2) is 4.98 Å². The minimum Gasteiger partial charge on any atom is -0.492 e. The summed E-state index contributed by atoms with van der Waals surface area (Å²) in [6, 6.07) is 6.53. The van der Waals surface area contributed by atoms with Crippen molar-refractivity contribution in [3.63, 3.8) is 0 Å². The van der Waals surface area contributed by atoms with Gasteiger partial charge in [0.2, 0.25) is 0 Å². The monoisotopic (exact) mass is 564 g/mol. The molecule has 4 rings (SSSR count). The molecule has 3 heterocycles. The van der Waals surface area contributed by atoms with E-state index in [0.29, 0.717) is 34.1 Å². The van der Waals surface area contributed by atoms with Crippen LogP contribution in [0.15, 0.2) is 30.5 Å². The first-order chi connectivity index (χ1) is 18.3. The number of alkyl halides is 3. The summed E-state index contributed by atoms with van der Waals surface area (Å²) in [7, 11) is 0. The van der Waals surface area contributed by atoms with Crippen molar-refractivity contribution < 1.29 is 27.5 Å². The Hall–Kier alpha value is -2.92. The molecule has 2 aliphatic heterocycles. The molecule has 2 amide bonds. The highest BCUT2D eigenvalue weighted by Crippen LogP contribution is 2.43. The standard InChI is InChI=1S/C28H35F3N4O3S/c1-18(2)32-24(36)21-16-35(17-27(3,4)23-22(21)33-26(39-23)28(29,30)31)25(37)19-8-10-20(11-9-19)38-15-14-34-12-6-5-7-13-34/h8-11,16,18H,5-7,12-15,17H2,1-4H3,(H,32,36). The van der Waals surface area contributed by atoms with Gasteiger partial charge in [-0.3, -0.25) is 14.5 Å². The number of rotatable bonds is 7. The maximum absolute atomic E-state index is 13.6. The highest BCUT2D eigenvalue weighted by atomic mass is 32.1. The summed E-state index contributed by atoms with van der Waals surface area (Å²) in [6.45, 7) is 10.7. The van der Waals surface area contributed by atoms with E-state index in [0.717, 1.165) is 19.6 Å². The lowest BCUT2D eigenvalue weighted by atomic mass is 9.89. The average molecular weight is 565 g/mol. The summed E-state index contributed by atoms with van der Waals surface area (Å²) in [4.78, 5) is 34.6. The van der Waals surface area contributed by atoms with Gasteiger partial charge in [-0.05, 0) is 64.0 Å². The molecule has 0 spiro atoms. The summed E-state index contributed by atoms with van der Waals surface area (Å²) in [6.07, 6.45) is 0.397. The van der Waals surface area contributed by atoms with E-state index in [2.05, 4.69) is 15.2 Å². The second-order valence-corrected chi connectivity index (χ2v) is 12.0. The van der Waals surface area contributed by atoms with E-state index in [1.54, 1.807) is 52.0 Å². The van der Waals surface area contributed by atoms with Crippen LogP contribution in [0.3, 0.4) is 0 Å². The average Bonchev–Trinajstić information content (AvgIpc) is 3.30.